The van der Waals surface area contributed by atoms with E-state index in [1.54, 1.807) is 24.4 Å². The van der Waals surface area contributed by atoms with E-state index in [0.29, 0.717) is 31.3 Å². The van der Waals surface area contributed by atoms with Crippen molar-refractivity contribution in [3.8, 4) is 5.75 Å². The lowest BCUT2D eigenvalue weighted by atomic mass is 9.58. The number of carbonyl (C=O) groups excluding carboxylic acids is 2. The van der Waals surface area contributed by atoms with Crippen LogP contribution < -0.4 is 4.90 Å². The van der Waals surface area contributed by atoms with E-state index in [0.717, 1.165) is 45.2 Å². The maximum atomic E-state index is 13.9. The summed E-state index contributed by atoms with van der Waals surface area (Å²) in [6, 6.07) is 26.4. The third-order valence-electron chi connectivity index (χ3n) is 9.68. The smallest absolute Gasteiger partial charge is 0.455 e. The molecule has 7 rings (SSSR count). The molecule has 3 aliphatic rings. The van der Waals surface area contributed by atoms with Crippen LogP contribution in [0.25, 0.3) is 22.4 Å². The molecule has 1 aliphatic carbocycles. The summed E-state index contributed by atoms with van der Waals surface area (Å²) in [5.41, 5.74) is 5.64. The van der Waals surface area contributed by atoms with Crippen molar-refractivity contribution in [2.75, 3.05) is 4.90 Å². The fourth-order valence-electron chi connectivity index (χ4n) is 7.67. The summed E-state index contributed by atoms with van der Waals surface area (Å²) in [7, 11) is -1.03. The average Bonchev–Trinajstić information content (AvgIpc) is 3.33. The van der Waals surface area contributed by atoms with E-state index in [1.807, 2.05) is 66.7 Å². The number of benzene rings is 3. The summed E-state index contributed by atoms with van der Waals surface area (Å²) in [6.45, 7) is 2.09. The average molecular weight is 599 g/mol. The number of pyridine rings is 1. The Kier molecular flexibility index (Phi) is 7.86. The molecule has 3 heterocycles. The van der Waals surface area contributed by atoms with Crippen LogP contribution in [0, 0.1) is 17.8 Å². The molecule has 2 aliphatic heterocycles. The van der Waals surface area contributed by atoms with Gasteiger partial charge in [-0.05, 0) is 96.4 Å². The number of anilines is 1. The van der Waals surface area contributed by atoms with Gasteiger partial charge in [0.15, 0.2) is 0 Å². The number of amides is 2. The zero-order valence-electron chi connectivity index (χ0n) is 25.2. The van der Waals surface area contributed by atoms with Gasteiger partial charge in [-0.25, -0.2) is 0 Å². The summed E-state index contributed by atoms with van der Waals surface area (Å²) in [5.74, 6) is -1.31. The molecule has 0 unspecified atom stereocenters. The first-order chi connectivity index (χ1) is 21.9. The van der Waals surface area contributed by atoms with Crippen LogP contribution in [-0.4, -0.2) is 40.2 Å². The molecule has 0 bridgehead atoms. The van der Waals surface area contributed by atoms with Crippen LogP contribution in [-0.2, 0) is 14.2 Å². The Balaban J connectivity index is 1.23. The Bertz CT molecular complexity index is 1820. The standard InChI is InChI=1S/C37H35BN2O5/c1-2-23-21-29-35(37(43)40(36(29)42)26-10-4-3-5-11-26)30-22-38(44)45-33(34(23)30)18-16-25(31-14-8-9-19-39-31)20-24-15-17-32(41)28-13-7-6-12-27(24)28/h3-15,17,19-20,29-30,33,35,41,44H,2,16,18,21-22H2,1H3/b25-20-/t29-,30+,33-,35-/m1/s1. The summed E-state index contributed by atoms with van der Waals surface area (Å²) in [5, 5.41) is 23.2. The number of aromatic nitrogens is 1. The molecular formula is C37H35BN2O5. The molecule has 0 spiro atoms. The first-order valence-electron chi connectivity index (χ1n) is 15.8. The van der Waals surface area contributed by atoms with Crippen molar-refractivity contribution in [3.63, 3.8) is 0 Å². The minimum Gasteiger partial charge on any atom is -0.507 e. The zero-order valence-corrected chi connectivity index (χ0v) is 25.2. The molecular weight excluding hydrogens is 563 g/mol. The Labute approximate surface area is 263 Å². The minimum absolute atomic E-state index is 0.153. The van der Waals surface area contributed by atoms with Crippen LogP contribution in [0.2, 0.25) is 6.32 Å². The molecule has 2 amide bonds. The van der Waals surface area contributed by atoms with E-state index in [-0.39, 0.29) is 23.5 Å². The van der Waals surface area contributed by atoms with Crippen molar-refractivity contribution in [2.24, 2.45) is 17.8 Å². The lowest BCUT2D eigenvalue weighted by Crippen LogP contribution is -2.46. The lowest BCUT2D eigenvalue weighted by molar-refractivity contribution is -0.122. The predicted octanol–water partition coefficient (Wildman–Crippen LogP) is 6.67. The fraction of sp³-hybridized carbons (Fsp3) is 0.270. The second-order valence-corrected chi connectivity index (χ2v) is 12.2. The van der Waals surface area contributed by atoms with Gasteiger partial charge in [0.2, 0.25) is 11.8 Å². The second-order valence-electron chi connectivity index (χ2n) is 12.2. The van der Waals surface area contributed by atoms with Gasteiger partial charge in [-0.1, -0.05) is 67.1 Å². The van der Waals surface area contributed by atoms with Crippen LogP contribution in [0.1, 0.15) is 43.9 Å². The van der Waals surface area contributed by atoms with Gasteiger partial charge < -0.3 is 14.8 Å². The maximum Gasteiger partial charge on any atom is 0.455 e. The van der Waals surface area contributed by atoms with Crippen LogP contribution in [0.4, 0.5) is 5.69 Å². The SMILES string of the molecule is CCC1=C2[C@@H](CC/C(=C/c3ccc(O)c4ccccc34)c3ccccn3)OB(O)C[C@@H]2[C@@H]2C(=O)N(c3ccccc3)C(=O)[C@@H]2C1. The summed E-state index contributed by atoms with van der Waals surface area (Å²) >= 11 is 0. The van der Waals surface area contributed by atoms with Gasteiger partial charge in [0.25, 0.3) is 0 Å². The van der Waals surface area contributed by atoms with Gasteiger partial charge >= 0.3 is 7.12 Å². The number of carbonyl (C=O) groups is 2. The monoisotopic (exact) mass is 598 g/mol. The Morgan fingerprint density at radius 2 is 1.71 bits per heavy atom. The number of allylic oxidation sites excluding steroid dienone is 2. The van der Waals surface area contributed by atoms with Crippen molar-refractivity contribution >= 4 is 47.0 Å². The van der Waals surface area contributed by atoms with E-state index in [1.165, 1.54) is 4.90 Å². The minimum atomic E-state index is -1.03. The molecule has 1 aromatic heterocycles. The third kappa shape index (κ3) is 5.28. The Morgan fingerprint density at radius 3 is 2.47 bits per heavy atom. The van der Waals surface area contributed by atoms with E-state index < -0.39 is 25.1 Å². The summed E-state index contributed by atoms with van der Waals surface area (Å²) in [4.78, 5) is 33.6. The largest absolute Gasteiger partial charge is 0.507 e. The second kappa shape index (κ2) is 12.1. The number of hydrogen-bond acceptors (Lipinski definition) is 6. The van der Waals surface area contributed by atoms with Gasteiger partial charge in [-0.2, -0.15) is 0 Å². The number of phenolic OH excluding ortho intramolecular Hbond substituents is 1. The molecule has 2 saturated heterocycles. The Morgan fingerprint density at radius 1 is 0.956 bits per heavy atom. The van der Waals surface area contributed by atoms with Crippen molar-refractivity contribution in [2.45, 2.75) is 45.0 Å². The molecule has 226 valence electrons. The molecule has 0 radical (unpaired) electrons. The highest BCUT2D eigenvalue weighted by atomic mass is 16.5. The number of imide groups is 1. The van der Waals surface area contributed by atoms with Crippen LogP contribution in [0.5, 0.6) is 5.75 Å². The number of hydrogen-bond donors (Lipinski definition) is 2. The highest BCUT2D eigenvalue weighted by Crippen LogP contribution is 2.52. The molecule has 7 nitrogen and oxygen atoms in total. The van der Waals surface area contributed by atoms with Gasteiger partial charge in [-0.15, -0.1) is 0 Å². The number of rotatable bonds is 7. The van der Waals surface area contributed by atoms with E-state index in [4.69, 9.17) is 4.65 Å². The normalized spacial score (nSPS) is 23.5. The summed E-state index contributed by atoms with van der Waals surface area (Å²) < 4.78 is 6.24. The van der Waals surface area contributed by atoms with Crippen LogP contribution >= 0.6 is 0 Å². The molecule has 8 heteroatoms. The van der Waals surface area contributed by atoms with Crippen molar-refractivity contribution in [1.29, 1.82) is 0 Å². The lowest BCUT2D eigenvalue weighted by Gasteiger charge is -2.43. The predicted molar refractivity (Wildman–Crippen MR) is 176 cm³/mol. The van der Waals surface area contributed by atoms with Crippen molar-refractivity contribution in [3.05, 3.63) is 114 Å². The fourth-order valence-corrected chi connectivity index (χ4v) is 7.67. The molecule has 2 N–H and O–H groups in total. The van der Waals surface area contributed by atoms with E-state index >= 15 is 0 Å². The summed E-state index contributed by atoms with van der Waals surface area (Å²) in [6.07, 6.45) is 6.24. The van der Waals surface area contributed by atoms with Crippen molar-refractivity contribution < 1.29 is 24.4 Å². The van der Waals surface area contributed by atoms with Gasteiger partial charge in [0, 0.05) is 11.6 Å². The van der Waals surface area contributed by atoms with Gasteiger partial charge in [0.05, 0.1) is 29.3 Å². The highest BCUT2D eigenvalue weighted by molar-refractivity contribution is 6.43. The number of para-hydroxylation sites is 1. The molecule has 3 aromatic carbocycles. The number of fused-ring (bicyclic) bond motifs is 4. The van der Waals surface area contributed by atoms with Crippen LogP contribution in [0.15, 0.2) is 102 Å². The van der Waals surface area contributed by atoms with Gasteiger partial charge in [0.1, 0.15) is 5.75 Å². The molecule has 4 aromatic rings. The van der Waals surface area contributed by atoms with Crippen LogP contribution in [0.3, 0.4) is 0 Å². The Hall–Kier alpha value is -4.53. The third-order valence-corrected chi connectivity index (χ3v) is 9.68. The van der Waals surface area contributed by atoms with Gasteiger partial charge in [-0.3, -0.25) is 19.5 Å². The highest BCUT2D eigenvalue weighted by Gasteiger charge is 2.57. The van der Waals surface area contributed by atoms with E-state index in [2.05, 4.69) is 18.0 Å². The number of nitrogens with zero attached hydrogens (tertiary/aromatic N) is 2. The van der Waals surface area contributed by atoms with Crippen molar-refractivity contribution in [1.82, 2.24) is 4.98 Å². The first kappa shape index (κ1) is 29.2. The molecule has 0 saturated carbocycles. The number of phenols is 1. The first-order valence-corrected chi connectivity index (χ1v) is 15.8. The molecule has 2 fully saturated rings. The zero-order chi connectivity index (χ0) is 31.1. The quantitative estimate of drug-likeness (QED) is 0.140. The number of aromatic hydroxyl groups is 1. The maximum absolute atomic E-state index is 13.9. The topological polar surface area (TPSA) is 100.0 Å². The molecule has 4 atom stereocenters. The molecule has 45 heavy (non-hydrogen) atoms. The van der Waals surface area contributed by atoms with E-state index in [9.17, 15) is 19.7 Å².